The van der Waals surface area contributed by atoms with E-state index in [9.17, 15) is 4.79 Å². The first kappa shape index (κ1) is 30.2. The minimum Gasteiger partial charge on any atom is -0.497 e. The van der Waals surface area contributed by atoms with Crippen LogP contribution < -0.4 is 20.1 Å². The van der Waals surface area contributed by atoms with Gasteiger partial charge in [0.2, 0.25) is 5.88 Å². The zero-order chi connectivity index (χ0) is 31.3. The molecule has 0 spiro atoms. The number of nitrogens with one attached hydrogen (secondary N) is 2. The predicted molar refractivity (Wildman–Crippen MR) is 180 cm³/mol. The molecule has 1 fully saturated rings. The van der Waals surface area contributed by atoms with Crippen LogP contribution in [0.5, 0.6) is 11.6 Å². The fourth-order valence-electron chi connectivity index (χ4n) is 6.10. The first-order valence-corrected chi connectivity index (χ1v) is 15.8. The number of methoxy groups -OCH3 is 1. The Kier molecular flexibility index (Phi) is 9.01. The fourth-order valence-corrected chi connectivity index (χ4v) is 6.10. The van der Waals surface area contributed by atoms with Gasteiger partial charge in [0.05, 0.1) is 19.3 Å². The summed E-state index contributed by atoms with van der Waals surface area (Å²) in [6.07, 6.45) is 7.52. The van der Waals surface area contributed by atoms with Crippen LogP contribution in [-0.4, -0.2) is 33.9 Å². The number of hydrogen-bond acceptors (Lipinski definition) is 6. The number of carbonyl (C=O) groups is 1. The van der Waals surface area contributed by atoms with Gasteiger partial charge in [-0.25, -0.2) is 9.67 Å². The SMILES string of the molecule is COc1ccc(Cn2nc(OC3CCCCC3)c3c(Nc4cccc(C(=O)Nc5ccc(C(C)C)c(C)c5)c4)ccnc32)cc1. The van der Waals surface area contributed by atoms with Crippen molar-refractivity contribution in [2.75, 3.05) is 17.7 Å². The number of anilines is 3. The second-order valence-electron chi connectivity index (χ2n) is 12.1. The minimum atomic E-state index is -0.163. The number of benzene rings is 3. The van der Waals surface area contributed by atoms with Crippen molar-refractivity contribution < 1.29 is 14.3 Å². The van der Waals surface area contributed by atoms with Crippen LogP contribution >= 0.6 is 0 Å². The number of fused-ring (bicyclic) bond motifs is 1. The molecule has 45 heavy (non-hydrogen) atoms. The summed E-state index contributed by atoms with van der Waals surface area (Å²) in [6.45, 7) is 6.97. The summed E-state index contributed by atoms with van der Waals surface area (Å²) in [5.41, 5.74) is 7.21. The second-order valence-corrected chi connectivity index (χ2v) is 12.1. The van der Waals surface area contributed by atoms with Gasteiger partial charge < -0.3 is 20.1 Å². The van der Waals surface area contributed by atoms with Crippen molar-refractivity contribution >= 4 is 34.0 Å². The van der Waals surface area contributed by atoms with E-state index in [0.29, 0.717) is 23.9 Å². The molecule has 1 amide bonds. The lowest BCUT2D eigenvalue weighted by atomic mass is 9.97. The number of pyridine rings is 1. The number of nitrogens with zero attached hydrogens (tertiary/aromatic N) is 3. The van der Waals surface area contributed by atoms with Crippen LogP contribution in [0.15, 0.2) is 79.0 Å². The van der Waals surface area contributed by atoms with Crippen LogP contribution in [0.1, 0.15) is 78.9 Å². The van der Waals surface area contributed by atoms with Gasteiger partial charge in [-0.2, -0.15) is 0 Å². The molecule has 2 aromatic heterocycles. The highest BCUT2D eigenvalue weighted by Crippen LogP contribution is 2.35. The second kappa shape index (κ2) is 13.4. The molecule has 6 rings (SSSR count). The smallest absolute Gasteiger partial charge is 0.255 e. The molecule has 3 aromatic carbocycles. The summed E-state index contributed by atoms with van der Waals surface area (Å²) in [5.74, 6) is 1.66. The molecule has 5 aromatic rings. The summed E-state index contributed by atoms with van der Waals surface area (Å²) in [4.78, 5) is 18.0. The number of carbonyl (C=O) groups excluding carboxylic acids is 1. The van der Waals surface area contributed by atoms with Gasteiger partial charge in [-0.1, -0.05) is 44.5 Å². The third kappa shape index (κ3) is 6.95. The van der Waals surface area contributed by atoms with E-state index < -0.39 is 0 Å². The molecule has 0 radical (unpaired) electrons. The van der Waals surface area contributed by atoms with Crippen molar-refractivity contribution in [1.82, 2.24) is 14.8 Å². The lowest BCUT2D eigenvalue weighted by Crippen LogP contribution is -2.20. The van der Waals surface area contributed by atoms with Gasteiger partial charge in [0, 0.05) is 23.1 Å². The molecule has 0 atom stereocenters. The van der Waals surface area contributed by atoms with Gasteiger partial charge >= 0.3 is 0 Å². The van der Waals surface area contributed by atoms with Gasteiger partial charge in [-0.05, 0) is 104 Å². The lowest BCUT2D eigenvalue weighted by Gasteiger charge is -2.22. The normalized spacial score (nSPS) is 13.6. The molecule has 0 saturated heterocycles. The Bertz CT molecular complexity index is 1790. The summed E-state index contributed by atoms with van der Waals surface area (Å²) in [7, 11) is 1.66. The Morgan fingerprint density at radius 1 is 0.978 bits per heavy atom. The van der Waals surface area contributed by atoms with Crippen LogP contribution in [0.3, 0.4) is 0 Å². The fraction of sp³-hybridized carbons (Fsp3) is 0.324. The average molecular weight is 604 g/mol. The third-order valence-electron chi connectivity index (χ3n) is 8.48. The summed E-state index contributed by atoms with van der Waals surface area (Å²) < 4.78 is 13.8. The first-order chi connectivity index (χ1) is 21.9. The summed E-state index contributed by atoms with van der Waals surface area (Å²) in [6, 6.07) is 23.5. The highest BCUT2D eigenvalue weighted by atomic mass is 16.5. The van der Waals surface area contributed by atoms with E-state index >= 15 is 0 Å². The molecular formula is C37H41N5O3. The van der Waals surface area contributed by atoms with Crippen LogP contribution in [0.25, 0.3) is 11.0 Å². The molecule has 0 unspecified atom stereocenters. The molecule has 232 valence electrons. The van der Waals surface area contributed by atoms with Gasteiger partial charge in [-0.3, -0.25) is 4.79 Å². The quantitative estimate of drug-likeness (QED) is 0.166. The Labute approximate surface area is 264 Å². The number of rotatable bonds is 10. The molecule has 1 aliphatic rings. The summed E-state index contributed by atoms with van der Waals surface area (Å²) in [5, 5.41) is 12.4. The van der Waals surface area contributed by atoms with Crippen LogP contribution in [0, 0.1) is 6.92 Å². The van der Waals surface area contributed by atoms with Crippen molar-refractivity contribution in [2.24, 2.45) is 0 Å². The Hall–Kier alpha value is -4.85. The first-order valence-electron chi connectivity index (χ1n) is 15.8. The number of amides is 1. The molecule has 2 heterocycles. The average Bonchev–Trinajstić information content (AvgIpc) is 3.39. The van der Waals surface area contributed by atoms with Crippen molar-refractivity contribution in [3.05, 3.63) is 101 Å². The standard InChI is InChI=1S/C37H41N5O3/c1-24(2)32-18-15-29(21-25(32)3)40-36(43)27-9-8-10-28(22-27)39-33-19-20-38-35-34(33)37(45-31-11-6-5-7-12-31)41-42(35)23-26-13-16-30(44-4)17-14-26/h8-10,13-22,24,31H,5-7,11-12,23H2,1-4H3,(H,38,39)(H,40,43). The zero-order valence-electron chi connectivity index (χ0n) is 26.5. The van der Waals surface area contributed by atoms with Gasteiger partial charge in [0.15, 0.2) is 5.65 Å². The van der Waals surface area contributed by atoms with Crippen LogP contribution in [0.2, 0.25) is 0 Å². The van der Waals surface area contributed by atoms with Crippen molar-refractivity contribution in [1.29, 1.82) is 0 Å². The van der Waals surface area contributed by atoms with E-state index in [2.05, 4.69) is 37.5 Å². The van der Waals surface area contributed by atoms with Crippen LogP contribution in [-0.2, 0) is 6.54 Å². The van der Waals surface area contributed by atoms with Gasteiger partial charge in [-0.15, -0.1) is 5.10 Å². The predicted octanol–water partition coefficient (Wildman–Crippen LogP) is 8.63. The molecule has 1 saturated carbocycles. The van der Waals surface area contributed by atoms with Crippen molar-refractivity contribution in [3.63, 3.8) is 0 Å². The molecule has 8 heteroatoms. The van der Waals surface area contributed by atoms with E-state index in [0.717, 1.165) is 65.1 Å². The number of hydrogen-bond donors (Lipinski definition) is 2. The Morgan fingerprint density at radius 2 is 1.78 bits per heavy atom. The van der Waals surface area contributed by atoms with Crippen molar-refractivity contribution in [3.8, 4) is 11.6 Å². The number of aryl methyl sites for hydroxylation is 1. The topological polar surface area (TPSA) is 90.3 Å². The van der Waals surface area contributed by atoms with Gasteiger partial charge in [0.1, 0.15) is 17.2 Å². The Balaban J connectivity index is 1.28. The molecule has 8 nitrogen and oxygen atoms in total. The van der Waals surface area contributed by atoms with E-state index in [1.54, 1.807) is 13.3 Å². The lowest BCUT2D eigenvalue weighted by molar-refractivity contribution is 0.102. The van der Waals surface area contributed by atoms with E-state index in [4.69, 9.17) is 19.6 Å². The van der Waals surface area contributed by atoms with E-state index in [-0.39, 0.29) is 12.0 Å². The van der Waals surface area contributed by atoms with Crippen molar-refractivity contribution in [2.45, 2.75) is 71.4 Å². The zero-order valence-corrected chi connectivity index (χ0v) is 26.5. The molecular weight excluding hydrogens is 562 g/mol. The molecule has 1 aliphatic carbocycles. The highest BCUT2D eigenvalue weighted by Gasteiger charge is 2.22. The summed E-state index contributed by atoms with van der Waals surface area (Å²) >= 11 is 0. The molecule has 2 N–H and O–H groups in total. The number of aromatic nitrogens is 3. The molecule has 0 aliphatic heterocycles. The largest absolute Gasteiger partial charge is 0.497 e. The third-order valence-corrected chi connectivity index (χ3v) is 8.48. The Morgan fingerprint density at radius 3 is 2.51 bits per heavy atom. The highest BCUT2D eigenvalue weighted by molar-refractivity contribution is 6.05. The maximum atomic E-state index is 13.3. The van der Waals surface area contributed by atoms with Gasteiger partial charge in [0.25, 0.3) is 5.91 Å². The minimum absolute atomic E-state index is 0.129. The molecule has 0 bridgehead atoms. The maximum absolute atomic E-state index is 13.3. The number of ether oxygens (including phenoxy) is 2. The maximum Gasteiger partial charge on any atom is 0.255 e. The van der Waals surface area contributed by atoms with Crippen LogP contribution in [0.4, 0.5) is 17.1 Å². The monoisotopic (exact) mass is 603 g/mol. The van der Waals surface area contributed by atoms with E-state index in [1.165, 1.54) is 17.5 Å². The van der Waals surface area contributed by atoms with E-state index in [1.807, 2.05) is 71.4 Å².